The number of benzene rings is 2. The van der Waals surface area contributed by atoms with Crippen LogP contribution in [0.4, 0.5) is 0 Å². The molecule has 3 saturated heterocycles. The quantitative estimate of drug-likeness (QED) is 0.814. The average Bonchev–Trinajstić information content (AvgIpc) is 2.73. The van der Waals surface area contributed by atoms with Crippen molar-refractivity contribution in [3.63, 3.8) is 0 Å². The summed E-state index contributed by atoms with van der Waals surface area (Å²) >= 11 is 0. The summed E-state index contributed by atoms with van der Waals surface area (Å²) in [7, 11) is 4.82. The van der Waals surface area contributed by atoms with E-state index in [1.54, 1.807) is 21.3 Å². The van der Waals surface area contributed by atoms with Gasteiger partial charge in [-0.15, -0.1) is 0 Å². The summed E-state index contributed by atoms with van der Waals surface area (Å²) in [5, 5.41) is 1.85. The highest BCUT2D eigenvalue weighted by Gasteiger charge is 2.52. The highest BCUT2D eigenvalue weighted by Crippen LogP contribution is 2.48. The first kappa shape index (κ1) is 17.4. The van der Waals surface area contributed by atoms with Crippen LogP contribution in [0.2, 0.25) is 0 Å². The van der Waals surface area contributed by atoms with Crippen LogP contribution in [0.3, 0.4) is 0 Å². The Labute approximate surface area is 152 Å². The topological polar surface area (TPSA) is 55.4 Å². The van der Waals surface area contributed by atoms with E-state index < -0.39 is 5.97 Å². The maximum atomic E-state index is 6.02. The number of methoxy groups -OCH3 is 3. The molecule has 2 bridgehead atoms. The van der Waals surface area contributed by atoms with Crippen molar-refractivity contribution in [1.29, 1.82) is 0 Å². The summed E-state index contributed by atoms with van der Waals surface area (Å²) in [4.78, 5) is 0. The van der Waals surface area contributed by atoms with Gasteiger partial charge in [-0.3, -0.25) is 0 Å². The lowest BCUT2D eigenvalue weighted by atomic mass is 9.85. The molecule has 2 aromatic rings. The summed E-state index contributed by atoms with van der Waals surface area (Å²) in [6.07, 6.45) is 0.967. The molecule has 0 aromatic heterocycles. The van der Waals surface area contributed by atoms with Gasteiger partial charge in [0.25, 0.3) is 0 Å². The molecule has 0 N–H and O–H groups in total. The zero-order valence-electron chi connectivity index (χ0n) is 15.6. The third-order valence-electron chi connectivity index (χ3n) is 5.45. The largest absolute Gasteiger partial charge is 0.493 e. The van der Waals surface area contributed by atoms with E-state index >= 15 is 0 Å². The minimum Gasteiger partial charge on any atom is -0.493 e. The standard InChI is InChI=1S/C20H24O6/c1-5-19-10-24-20(25-11-19,26-12-19)14-6-7-15-13(8-14)9-16(21-2)18(23-4)17(15)22-3/h6-9H,5,10-12H2,1-4H3. The van der Waals surface area contributed by atoms with Gasteiger partial charge in [0, 0.05) is 16.4 Å². The fourth-order valence-electron chi connectivity index (χ4n) is 3.62. The molecule has 3 fully saturated rings. The van der Waals surface area contributed by atoms with Gasteiger partial charge in [0.1, 0.15) is 0 Å². The molecule has 3 aliphatic heterocycles. The molecule has 0 radical (unpaired) electrons. The van der Waals surface area contributed by atoms with Crippen molar-refractivity contribution in [3.8, 4) is 17.2 Å². The van der Waals surface area contributed by atoms with Gasteiger partial charge in [0.15, 0.2) is 11.5 Å². The Hall–Kier alpha value is -2.02. The lowest BCUT2D eigenvalue weighted by molar-refractivity contribution is -0.480. The van der Waals surface area contributed by atoms with Gasteiger partial charge in [0.05, 0.1) is 41.2 Å². The molecule has 0 aliphatic carbocycles. The molecule has 0 amide bonds. The number of hydrogen-bond acceptors (Lipinski definition) is 6. The maximum absolute atomic E-state index is 6.02. The zero-order valence-corrected chi connectivity index (χ0v) is 15.6. The van der Waals surface area contributed by atoms with E-state index in [2.05, 4.69) is 6.92 Å². The monoisotopic (exact) mass is 360 g/mol. The predicted octanol–water partition coefficient (Wildman–Crippen LogP) is 3.45. The van der Waals surface area contributed by atoms with Crippen LogP contribution >= 0.6 is 0 Å². The van der Waals surface area contributed by atoms with Crippen LogP contribution < -0.4 is 14.2 Å². The number of ether oxygens (including phenoxy) is 6. The van der Waals surface area contributed by atoms with Crippen molar-refractivity contribution < 1.29 is 28.4 Å². The van der Waals surface area contributed by atoms with Crippen LogP contribution in [0.5, 0.6) is 17.2 Å². The first-order valence-electron chi connectivity index (χ1n) is 8.75. The molecule has 0 saturated carbocycles. The number of fused-ring (bicyclic) bond motifs is 4. The highest BCUT2D eigenvalue weighted by molar-refractivity contribution is 5.93. The van der Waals surface area contributed by atoms with E-state index in [-0.39, 0.29) is 5.41 Å². The van der Waals surface area contributed by atoms with Gasteiger partial charge in [0.2, 0.25) is 5.75 Å². The summed E-state index contributed by atoms with van der Waals surface area (Å²) in [6, 6.07) is 7.82. The molecule has 3 aliphatic rings. The molecule has 6 nitrogen and oxygen atoms in total. The Morgan fingerprint density at radius 2 is 1.54 bits per heavy atom. The van der Waals surface area contributed by atoms with Gasteiger partial charge >= 0.3 is 5.97 Å². The van der Waals surface area contributed by atoms with E-state index in [1.807, 2.05) is 24.3 Å². The van der Waals surface area contributed by atoms with Crippen LogP contribution in [0, 0.1) is 5.41 Å². The minimum absolute atomic E-state index is 0.0294. The Kier molecular flexibility index (Phi) is 4.22. The molecule has 26 heavy (non-hydrogen) atoms. The van der Waals surface area contributed by atoms with Gasteiger partial charge in [-0.2, -0.15) is 0 Å². The molecule has 5 rings (SSSR count). The Bertz CT molecular complexity index is 806. The molecule has 3 heterocycles. The lowest BCUT2D eigenvalue weighted by Gasteiger charge is -2.51. The summed E-state index contributed by atoms with van der Waals surface area (Å²) in [5.74, 6) is 0.670. The maximum Gasteiger partial charge on any atom is 0.312 e. The summed E-state index contributed by atoms with van der Waals surface area (Å²) in [5.41, 5.74) is 0.793. The van der Waals surface area contributed by atoms with Crippen molar-refractivity contribution in [2.45, 2.75) is 19.3 Å². The molecule has 6 heteroatoms. The summed E-state index contributed by atoms with van der Waals surface area (Å²) in [6.45, 7) is 4.04. The van der Waals surface area contributed by atoms with E-state index in [1.165, 1.54) is 0 Å². The summed E-state index contributed by atoms with van der Waals surface area (Å²) < 4.78 is 34.5. The van der Waals surface area contributed by atoms with Gasteiger partial charge in [-0.25, -0.2) is 0 Å². The first-order valence-corrected chi connectivity index (χ1v) is 8.75. The van der Waals surface area contributed by atoms with Crippen molar-refractivity contribution in [1.82, 2.24) is 0 Å². The second-order valence-corrected chi connectivity index (χ2v) is 6.86. The van der Waals surface area contributed by atoms with Crippen LogP contribution in [-0.4, -0.2) is 41.2 Å². The third-order valence-corrected chi connectivity index (χ3v) is 5.45. The van der Waals surface area contributed by atoms with E-state index in [0.717, 1.165) is 22.8 Å². The zero-order chi connectivity index (χ0) is 18.4. The highest BCUT2D eigenvalue weighted by atomic mass is 16.9. The first-order chi connectivity index (χ1) is 12.6. The van der Waals surface area contributed by atoms with E-state index in [9.17, 15) is 0 Å². The third kappa shape index (κ3) is 2.44. The second-order valence-electron chi connectivity index (χ2n) is 6.86. The van der Waals surface area contributed by atoms with E-state index in [0.29, 0.717) is 37.1 Å². The smallest absolute Gasteiger partial charge is 0.312 e. The fourth-order valence-corrected chi connectivity index (χ4v) is 3.62. The predicted molar refractivity (Wildman–Crippen MR) is 95.9 cm³/mol. The minimum atomic E-state index is -1.13. The van der Waals surface area contributed by atoms with Gasteiger partial charge in [-0.1, -0.05) is 13.0 Å². The Morgan fingerprint density at radius 3 is 2.08 bits per heavy atom. The molecule has 2 aromatic carbocycles. The SMILES string of the molecule is CCC12COC(c3ccc4c(OC)c(OC)c(OC)cc4c3)(OC1)OC2. The van der Waals surface area contributed by atoms with Crippen molar-refractivity contribution in [3.05, 3.63) is 29.8 Å². The van der Waals surface area contributed by atoms with Crippen LogP contribution in [0.1, 0.15) is 18.9 Å². The van der Waals surface area contributed by atoms with Crippen LogP contribution in [0.25, 0.3) is 10.8 Å². The second kappa shape index (κ2) is 6.30. The molecular formula is C20H24O6. The van der Waals surface area contributed by atoms with Crippen LogP contribution in [0.15, 0.2) is 24.3 Å². The van der Waals surface area contributed by atoms with Crippen molar-refractivity contribution in [2.75, 3.05) is 41.2 Å². The lowest BCUT2D eigenvalue weighted by Crippen LogP contribution is -2.58. The Balaban J connectivity index is 1.79. The molecular weight excluding hydrogens is 336 g/mol. The Morgan fingerprint density at radius 1 is 0.885 bits per heavy atom. The van der Waals surface area contributed by atoms with Gasteiger partial charge < -0.3 is 28.4 Å². The normalized spacial score (nSPS) is 27.5. The molecule has 140 valence electrons. The van der Waals surface area contributed by atoms with Gasteiger partial charge in [-0.05, 0) is 30.0 Å². The molecule has 0 atom stereocenters. The number of rotatable bonds is 5. The molecule has 0 spiro atoms. The van der Waals surface area contributed by atoms with Crippen LogP contribution in [-0.2, 0) is 20.2 Å². The van der Waals surface area contributed by atoms with Crippen molar-refractivity contribution >= 4 is 10.8 Å². The van der Waals surface area contributed by atoms with Crippen molar-refractivity contribution in [2.24, 2.45) is 5.41 Å². The average molecular weight is 360 g/mol. The fraction of sp³-hybridized carbons (Fsp3) is 0.500. The molecule has 0 unspecified atom stereocenters. The number of hydrogen-bond donors (Lipinski definition) is 0. The van der Waals surface area contributed by atoms with E-state index in [4.69, 9.17) is 28.4 Å².